The lowest BCUT2D eigenvalue weighted by Gasteiger charge is -2.34. The number of nitrogens with two attached hydrogens (primary N) is 2. The van der Waals surface area contributed by atoms with Crippen molar-refractivity contribution in [1.82, 2.24) is 0 Å². The Bertz CT molecular complexity index is 442. The number of nitrogen functional groups attached to an aromatic ring is 1. The summed E-state index contributed by atoms with van der Waals surface area (Å²) in [6.07, 6.45) is 2.42. The molecule has 4 nitrogen and oxygen atoms in total. The van der Waals surface area contributed by atoms with Gasteiger partial charge >= 0.3 is 0 Å². The highest BCUT2D eigenvalue weighted by molar-refractivity contribution is 6.33. The van der Waals surface area contributed by atoms with Crippen LogP contribution < -0.4 is 16.4 Å². The number of hydrogen-bond acceptors (Lipinski definition) is 3. The number of para-hydroxylation sites is 1. The van der Waals surface area contributed by atoms with E-state index in [1.165, 1.54) is 0 Å². The molecule has 1 aromatic carbocycles. The summed E-state index contributed by atoms with van der Waals surface area (Å²) in [5.41, 5.74) is 12.8. The molecule has 98 valence electrons. The Morgan fingerprint density at radius 1 is 1.39 bits per heavy atom. The molecule has 0 aliphatic carbocycles. The zero-order chi connectivity index (χ0) is 13.1. The van der Waals surface area contributed by atoms with Gasteiger partial charge < -0.3 is 16.4 Å². The molecule has 1 fully saturated rings. The maximum atomic E-state index is 10.9. The molecule has 1 aromatic rings. The first-order chi connectivity index (χ1) is 8.58. The molecule has 1 saturated heterocycles. The summed E-state index contributed by atoms with van der Waals surface area (Å²) in [6, 6.07) is 5.68. The number of halogens is 1. The molecular formula is C13H18ClN3O. The lowest BCUT2D eigenvalue weighted by atomic mass is 9.93. The summed E-state index contributed by atoms with van der Waals surface area (Å²) < 4.78 is 0. The number of nitrogens with zero attached hydrogens (tertiary/aromatic N) is 1. The number of piperidine rings is 1. The molecule has 1 heterocycles. The molecule has 0 aromatic heterocycles. The third kappa shape index (κ3) is 2.88. The third-order valence-electron chi connectivity index (χ3n) is 3.47. The molecule has 0 saturated carbocycles. The van der Waals surface area contributed by atoms with E-state index < -0.39 is 0 Å². The topological polar surface area (TPSA) is 72.4 Å². The molecule has 5 heteroatoms. The van der Waals surface area contributed by atoms with Crippen molar-refractivity contribution in [3.8, 4) is 0 Å². The average Bonchev–Trinajstić information content (AvgIpc) is 2.33. The number of carbonyl (C=O) groups is 1. The number of amides is 1. The minimum atomic E-state index is -0.212. The minimum Gasteiger partial charge on any atom is -0.396 e. The standard InChI is InChI=1S/C13H18ClN3O/c14-10-2-1-3-11(13(10)16)17-6-4-9(5-7-17)8-12(15)18/h1-3,9H,4-8,16H2,(H2,15,18). The Morgan fingerprint density at radius 3 is 2.67 bits per heavy atom. The van der Waals surface area contributed by atoms with E-state index in [9.17, 15) is 4.79 Å². The fraction of sp³-hybridized carbons (Fsp3) is 0.462. The molecule has 2 rings (SSSR count). The van der Waals surface area contributed by atoms with E-state index >= 15 is 0 Å². The first-order valence-corrected chi connectivity index (χ1v) is 6.53. The largest absolute Gasteiger partial charge is 0.396 e. The molecule has 18 heavy (non-hydrogen) atoms. The van der Waals surface area contributed by atoms with Crippen LogP contribution in [0.5, 0.6) is 0 Å². The summed E-state index contributed by atoms with van der Waals surface area (Å²) in [5, 5.41) is 0.590. The third-order valence-corrected chi connectivity index (χ3v) is 3.80. The molecule has 4 N–H and O–H groups in total. The van der Waals surface area contributed by atoms with Gasteiger partial charge in [-0.3, -0.25) is 4.79 Å². The second-order valence-corrected chi connectivity index (χ2v) is 5.18. The van der Waals surface area contributed by atoms with Gasteiger partial charge in [0.25, 0.3) is 0 Å². The Balaban J connectivity index is 2.01. The van der Waals surface area contributed by atoms with E-state index in [1.54, 1.807) is 6.07 Å². The van der Waals surface area contributed by atoms with Crippen molar-refractivity contribution in [3.05, 3.63) is 23.2 Å². The van der Waals surface area contributed by atoms with E-state index in [0.29, 0.717) is 23.0 Å². The number of rotatable bonds is 3. The maximum absolute atomic E-state index is 10.9. The highest BCUT2D eigenvalue weighted by Gasteiger charge is 2.22. The fourth-order valence-corrected chi connectivity index (χ4v) is 2.63. The van der Waals surface area contributed by atoms with Crippen molar-refractivity contribution in [1.29, 1.82) is 0 Å². The second-order valence-electron chi connectivity index (χ2n) is 4.77. The van der Waals surface area contributed by atoms with Crippen LogP contribution in [0.1, 0.15) is 19.3 Å². The smallest absolute Gasteiger partial charge is 0.217 e. The highest BCUT2D eigenvalue weighted by Crippen LogP contribution is 2.33. The van der Waals surface area contributed by atoms with Gasteiger partial charge in [-0.15, -0.1) is 0 Å². The second kappa shape index (κ2) is 5.48. The summed E-state index contributed by atoms with van der Waals surface area (Å²) in [7, 11) is 0. The predicted octanol–water partition coefficient (Wildman–Crippen LogP) is 2.01. The molecule has 1 amide bonds. The van der Waals surface area contributed by atoms with Crippen molar-refractivity contribution in [2.75, 3.05) is 23.7 Å². The fourth-order valence-electron chi connectivity index (χ4n) is 2.46. The first kappa shape index (κ1) is 13.0. The molecule has 1 aliphatic rings. The van der Waals surface area contributed by atoms with E-state index in [-0.39, 0.29) is 5.91 Å². The average molecular weight is 268 g/mol. The zero-order valence-electron chi connectivity index (χ0n) is 10.2. The van der Waals surface area contributed by atoms with Gasteiger partial charge in [0.2, 0.25) is 5.91 Å². The van der Waals surface area contributed by atoms with Crippen LogP contribution in [0.3, 0.4) is 0 Å². The van der Waals surface area contributed by atoms with Crippen LogP contribution in [0.4, 0.5) is 11.4 Å². The van der Waals surface area contributed by atoms with Crippen LogP contribution >= 0.6 is 11.6 Å². The van der Waals surface area contributed by atoms with Gasteiger partial charge in [0.05, 0.1) is 16.4 Å². The number of hydrogen-bond donors (Lipinski definition) is 2. The molecule has 0 spiro atoms. The monoisotopic (exact) mass is 267 g/mol. The van der Waals surface area contributed by atoms with Crippen LogP contribution in [0.2, 0.25) is 5.02 Å². The number of anilines is 2. The number of benzene rings is 1. The van der Waals surface area contributed by atoms with E-state index in [2.05, 4.69) is 4.90 Å². The van der Waals surface area contributed by atoms with Crippen molar-refractivity contribution >= 4 is 28.9 Å². The Morgan fingerprint density at radius 2 is 2.06 bits per heavy atom. The lowest BCUT2D eigenvalue weighted by Crippen LogP contribution is -2.35. The van der Waals surface area contributed by atoms with Crippen LogP contribution in [-0.4, -0.2) is 19.0 Å². The van der Waals surface area contributed by atoms with Crippen molar-refractivity contribution in [3.63, 3.8) is 0 Å². The Kier molecular flexibility index (Phi) is 3.97. The minimum absolute atomic E-state index is 0.212. The molecule has 0 unspecified atom stereocenters. The number of carbonyl (C=O) groups excluding carboxylic acids is 1. The summed E-state index contributed by atoms with van der Waals surface area (Å²) in [6.45, 7) is 1.78. The van der Waals surface area contributed by atoms with Crippen LogP contribution in [0.15, 0.2) is 18.2 Å². The zero-order valence-corrected chi connectivity index (χ0v) is 11.0. The maximum Gasteiger partial charge on any atom is 0.217 e. The Hall–Kier alpha value is -1.42. The molecule has 0 bridgehead atoms. The van der Waals surface area contributed by atoms with Gasteiger partial charge in [-0.2, -0.15) is 0 Å². The van der Waals surface area contributed by atoms with E-state index in [4.69, 9.17) is 23.1 Å². The van der Waals surface area contributed by atoms with E-state index in [0.717, 1.165) is 31.6 Å². The molecule has 0 atom stereocenters. The first-order valence-electron chi connectivity index (χ1n) is 6.15. The molecule has 1 aliphatic heterocycles. The normalized spacial score (nSPS) is 16.8. The van der Waals surface area contributed by atoms with Crippen molar-refractivity contribution in [2.24, 2.45) is 11.7 Å². The number of primary amides is 1. The van der Waals surface area contributed by atoms with Gasteiger partial charge in [0, 0.05) is 19.5 Å². The molecule has 0 radical (unpaired) electrons. The van der Waals surface area contributed by atoms with Crippen LogP contribution in [0.25, 0.3) is 0 Å². The van der Waals surface area contributed by atoms with Gasteiger partial charge in [-0.05, 0) is 30.9 Å². The van der Waals surface area contributed by atoms with Crippen molar-refractivity contribution in [2.45, 2.75) is 19.3 Å². The predicted molar refractivity (Wildman–Crippen MR) is 74.6 cm³/mol. The Labute approximate surface area is 112 Å². The summed E-state index contributed by atoms with van der Waals surface area (Å²) >= 11 is 6.02. The quantitative estimate of drug-likeness (QED) is 0.823. The molecular weight excluding hydrogens is 250 g/mol. The van der Waals surface area contributed by atoms with Crippen LogP contribution in [0, 0.1) is 5.92 Å². The van der Waals surface area contributed by atoms with Gasteiger partial charge in [0.1, 0.15) is 0 Å². The van der Waals surface area contributed by atoms with Gasteiger partial charge in [0.15, 0.2) is 0 Å². The summed E-state index contributed by atoms with van der Waals surface area (Å²) in [5.74, 6) is 0.190. The van der Waals surface area contributed by atoms with Gasteiger partial charge in [-0.1, -0.05) is 17.7 Å². The van der Waals surface area contributed by atoms with Gasteiger partial charge in [-0.25, -0.2) is 0 Å². The van der Waals surface area contributed by atoms with Crippen molar-refractivity contribution < 1.29 is 4.79 Å². The van der Waals surface area contributed by atoms with Crippen LogP contribution in [-0.2, 0) is 4.79 Å². The van der Waals surface area contributed by atoms with E-state index in [1.807, 2.05) is 12.1 Å². The summed E-state index contributed by atoms with van der Waals surface area (Å²) in [4.78, 5) is 13.1. The SMILES string of the molecule is NC(=O)CC1CCN(c2cccc(Cl)c2N)CC1. The highest BCUT2D eigenvalue weighted by atomic mass is 35.5. The lowest BCUT2D eigenvalue weighted by molar-refractivity contribution is -0.119.